The molecule has 0 aliphatic heterocycles. The Hall–Kier alpha value is -3.08. The standard InChI is InChI=1S/C17H14N4O/c1-22-13-4-2-3-12(9-13)15-10-21(11-20-15)16-6-8-19-17-14(16)5-7-18-17/h2-11H,1H3,(H,18,19). The molecule has 0 radical (unpaired) electrons. The van der Waals surface area contributed by atoms with E-state index in [-0.39, 0.29) is 0 Å². The normalized spacial score (nSPS) is 11.0. The molecule has 0 aliphatic carbocycles. The van der Waals surface area contributed by atoms with Gasteiger partial charge in [0.1, 0.15) is 11.4 Å². The third kappa shape index (κ3) is 2.03. The van der Waals surface area contributed by atoms with Gasteiger partial charge in [-0.25, -0.2) is 9.97 Å². The van der Waals surface area contributed by atoms with E-state index in [9.17, 15) is 0 Å². The van der Waals surface area contributed by atoms with Crippen LogP contribution in [-0.2, 0) is 0 Å². The molecular formula is C17H14N4O. The van der Waals surface area contributed by atoms with Crippen LogP contribution in [-0.4, -0.2) is 26.6 Å². The van der Waals surface area contributed by atoms with Gasteiger partial charge in [-0.3, -0.25) is 0 Å². The van der Waals surface area contributed by atoms with Crippen molar-refractivity contribution >= 4 is 11.0 Å². The van der Waals surface area contributed by atoms with Gasteiger partial charge in [-0.05, 0) is 24.3 Å². The summed E-state index contributed by atoms with van der Waals surface area (Å²) in [6, 6.07) is 11.9. The molecule has 0 aliphatic rings. The molecule has 22 heavy (non-hydrogen) atoms. The summed E-state index contributed by atoms with van der Waals surface area (Å²) in [5.74, 6) is 0.823. The molecule has 3 aromatic heterocycles. The third-order valence-electron chi connectivity index (χ3n) is 3.66. The maximum Gasteiger partial charge on any atom is 0.139 e. The highest BCUT2D eigenvalue weighted by Crippen LogP contribution is 2.25. The van der Waals surface area contributed by atoms with Crippen LogP contribution in [0.3, 0.4) is 0 Å². The Morgan fingerprint density at radius 2 is 2.09 bits per heavy atom. The minimum atomic E-state index is 0.823. The fourth-order valence-corrected chi connectivity index (χ4v) is 2.56. The molecule has 0 saturated carbocycles. The summed E-state index contributed by atoms with van der Waals surface area (Å²) in [7, 11) is 1.66. The number of benzene rings is 1. The summed E-state index contributed by atoms with van der Waals surface area (Å²) in [6.45, 7) is 0. The number of nitrogens with zero attached hydrogens (tertiary/aromatic N) is 3. The summed E-state index contributed by atoms with van der Waals surface area (Å²) in [6.07, 6.45) is 7.51. The molecule has 0 amide bonds. The number of aromatic nitrogens is 4. The molecule has 0 saturated heterocycles. The molecule has 0 unspecified atom stereocenters. The number of ether oxygens (including phenoxy) is 1. The maximum atomic E-state index is 5.27. The van der Waals surface area contributed by atoms with E-state index in [1.807, 2.05) is 59.7 Å². The predicted molar refractivity (Wildman–Crippen MR) is 85.2 cm³/mol. The zero-order chi connectivity index (χ0) is 14.9. The lowest BCUT2D eigenvalue weighted by atomic mass is 10.1. The number of hydrogen-bond acceptors (Lipinski definition) is 3. The number of H-pyrrole nitrogens is 1. The Bertz CT molecular complexity index is 938. The van der Waals surface area contributed by atoms with Gasteiger partial charge >= 0.3 is 0 Å². The van der Waals surface area contributed by atoms with Gasteiger partial charge in [-0.1, -0.05) is 12.1 Å². The van der Waals surface area contributed by atoms with Gasteiger partial charge < -0.3 is 14.3 Å². The van der Waals surface area contributed by atoms with Gasteiger partial charge in [0.15, 0.2) is 0 Å². The van der Waals surface area contributed by atoms with Gasteiger partial charge in [-0.2, -0.15) is 0 Å². The van der Waals surface area contributed by atoms with E-state index in [2.05, 4.69) is 15.0 Å². The lowest BCUT2D eigenvalue weighted by Gasteiger charge is -2.03. The summed E-state index contributed by atoms with van der Waals surface area (Å²) in [5.41, 5.74) is 3.85. The van der Waals surface area contributed by atoms with Gasteiger partial charge in [0.05, 0.1) is 24.8 Å². The van der Waals surface area contributed by atoms with E-state index in [4.69, 9.17) is 4.74 Å². The molecule has 5 nitrogen and oxygen atoms in total. The largest absolute Gasteiger partial charge is 0.497 e. The average Bonchev–Trinajstić information content (AvgIpc) is 3.23. The average molecular weight is 290 g/mol. The number of methoxy groups -OCH3 is 1. The van der Waals surface area contributed by atoms with Crippen LogP contribution >= 0.6 is 0 Å². The Balaban J connectivity index is 1.79. The zero-order valence-corrected chi connectivity index (χ0v) is 12.0. The van der Waals surface area contributed by atoms with Crippen molar-refractivity contribution < 1.29 is 4.74 Å². The van der Waals surface area contributed by atoms with Crippen molar-refractivity contribution in [2.45, 2.75) is 0 Å². The van der Waals surface area contributed by atoms with E-state index in [1.165, 1.54) is 0 Å². The molecule has 5 heteroatoms. The van der Waals surface area contributed by atoms with E-state index in [1.54, 1.807) is 13.3 Å². The fourth-order valence-electron chi connectivity index (χ4n) is 2.56. The predicted octanol–water partition coefficient (Wildman–Crippen LogP) is 3.42. The van der Waals surface area contributed by atoms with Crippen molar-refractivity contribution in [3.63, 3.8) is 0 Å². The molecule has 3 heterocycles. The Morgan fingerprint density at radius 3 is 3.00 bits per heavy atom. The van der Waals surface area contributed by atoms with Gasteiger partial charge in [-0.15, -0.1) is 0 Å². The van der Waals surface area contributed by atoms with Crippen LogP contribution in [0.2, 0.25) is 0 Å². The summed E-state index contributed by atoms with van der Waals surface area (Å²) >= 11 is 0. The zero-order valence-electron chi connectivity index (χ0n) is 12.0. The number of aromatic amines is 1. The molecule has 108 valence electrons. The quantitative estimate of drug-likeness (QED) is 0.629. The molecule has 1 N–H and O–H groups in total. The molecule has 0 atom stereocenters. The number of fused-ring (bicyclic) bond motifs is 1. The monoisotopic (exact) mass is 290 g/mol. The summed E-state index contributed by atoms with van der Waals surface area (Å²) in [4.78, 5) is 11.9. The summed E-state index contributed by atoms with van der Waals surface area (Å²) in [5, 5.41) is 1.07. The first-order chi connectivity index (χ1) is 10.8. The Morgan fingerprint density at radius 1 is 1.14 bits per heavy atom. The minimum absolute atomic E-state index is 0.823. The van der Waals surface area contributed by atoms with E-state index in [0.29, 0.717) is 0 Å². The van der Waals surface area contributed by atoms with Crippen LogP contribution in [0.1, 0.15) is 0 Å². The van der Waals surface area contributed by atoms with Crippen LogP contribution in [0, 0.1) is 0 Å². The second-order valence-corrected chi connectivity index (χ2v) is 4.97. The molecule has 4 aromatic rings. The highest BCUT2D eigenvalue weighted by molar-refractivity contribution is 5.84. The van der Waals surface area contributed by atoms with Gasteiger partial charge in [0.25, 0.3) is 0 Å². The van der Waals surface area contributed by atoms with Crippen LogP contribution in [0.5, 0.6) is 5.75 Å². The molecule has 4 rings (SSSR count). The summed E-state index contributed by atoms with van der Waals surface area (Å²) < 4.78 is 7.27. The lowest BCUT2D eigenvalue weighted by molar-refractivity contribution is 0.415. The first kappa shape index (κ1) is 12.6. The maximum absolute atomic E-state index is 5.27. The van der Waals surface area contributed by atoms with Crippen molar-refractivity contribution in [3.05, 3.63) is 61.3 Å². The smallest absolute Gasteiger partial charge is 0.139 e. The Kier molecular flexibility index (Phi) is 2.89. The highest BCUT2D eigenvalue weighted by atomic mass is 16.5. The van der Waals surface area contributed by atoms with Gasteiger partial charge in [0, 0.05) is 29.5 Å². The fraction of sp³-hybridized carbons (Fsp3) is 0.0588. The van der Waals surface area contributed by atoms with Crippen molar-refractivity contribution in [3.8, 4) is 22.7 Å². The molecule has 1 aromatic carbocycles. The van der Waals surface area contributed by atoms with Crippen molar-refractivity contribution in [2.24, 2.45) is 0 Å². The van der Waals surface area contributed by atoms with E-state index >= 15 is 0 Å². The number of hydrogen-bond donors (Lipinski definition) is 1. The topological polar surface area (TPSA) is 55.7 Å². The van der Waals surface area contributed by atoms with Crippen molar-refractivity contribution in [2.75, 3.05) is 7.11 Å². The molecule has 0 bridgehead atoms. The second kappa shape index (κ2) is 5.04. The third-order valence-corrected chi connectivity index (χ3v) is 3.66. The van der Waals surface area contributed by atoms with Crippen LogP contribution in [0.4, 0.5) is 0 Å². The van der Waals surface area contributed by atoms with Crippen LogP contribution < -0.4 is 4.74 Å². The van der Waals surface area contributed by atoms with E-state index < -0.39 is 0 Å². The minimum Gasteiger partial charge on any atom is -0.497 e. The number of pyridine rings is 1. The molecular weight excluding hydrogens is 276 g/mol. The first-order valence-corrected chi connectivity index (χ1v) is 6.96. The van der Waals surface area contributed by atoms with Crippen LogP contribution in [0.25, 0.3) is 28.0 Å². The first-order valence-electron chi connectivity index (χ1n) is 6.96. The highest BCUT2D eigenvalue weighted by Gasteiger charge is 2.08. The second-order valence-electron chi connectivity index (χ2n) is 4.97. The molecule has 0 spiro atoms. The van der Waals surface area contributed by atoms with Crippen molar-refractivity contribution in [1.29, 1.82) is 0 Å². The van der Waals surface area contributed by atoms with Crippen LogP contribution in [0.15, 0.2) is 61.3 Å². The number of imidazole rings is 1. The van der Waals surface area contributed by atoms with Gasteiger partial charge in [0.2, 0.25) is 0 Å². The van der Waals surface area contributed by atoms with E-state index in [0.717, 1.165) is 33.7 Å². The lowest BCUT2D eigenvalue weighted by Crippen LogP contribution is -1.91. The number of nitrogens with one attached hydrogen (secondary N) is 1. The SMILES string of the molecule is COc1cccc(-c2cn(-c3ccnc4[nH]ccc34)cn2)c1. The molecule has 0 fully saturated rings. The van der Waals surface area contributed by atoms with Crippen molar-refractivity contribution in [1.82, 2.24) is 19.5 Å². The number of rotatable bonds is 3. The Labute approximate surface area is 127 Å².